The number of rotatable bonds is 11. The number of anilines is 2. The van der Waals surface area contributed by atoms with E-state index in [-0.39, 0.29) is 40.5 Å². The summed E-state index contributed by atoms with van der Waals surface area (Å²) in [5.41, 5.74) is -3.95. The molecule has 4 saturated heterocycles. The van der Waals surface area contributed by atoms with Crippen molar-refractivity contribution in [3.8, 4) is 0 Å². The van der Waals surface area contributed by atoms with Gasteiger partial charge in [0, 0.05) is 57.1 Å². The summed E-state index contributed by atoms with van der Waals surface area (Å²) in [4.78, 5) is 88.7. The van der Waals surface area contributed by atoms with Crippen molar-refractivity contribution in [2.24, 2.45) is 16.3 Å². The number of halogens is 4. The second-order valence-corrected chi connectivity index (χ2v) is 16.8. The largest absolute Gasteiger partial charge is 0.494 e. The number of likely N-dealkylation sites (tertiary alicyclic amines) is 1. The highest BCUT2D eigenvalue weighted by Gasteiger charge is 2.59. The molecule has 1 N–H and O–H groups in total. The van der Waals surface area contributed by atoms with Gasteiger partial charge < -0.3 is 14.5 Å². The fourth-order valence-corrected chi connectivity index (χ4v) is 9.13. The number of aliphatic imine (C=N–C) groups is 1. The molecule has 62 heavy (non-hydrogen) atoms. The first-order chi connectivity index (χ1) is 29.3. The number of piperazine rings is 1. The number of carbonyl (C=O) groups excluding carboxylic acids is 6. The number of amides is 6. The number of nitrogens with zero attached hydrogens (tertiary/aromatic N) is 6. The smallest absolute Gasteiger partial charge is 0.417 e. The summed E-state index contributed by atoms with van der Waals surface area (Å²) in [6, 6.07) is 6.20. The van der Waals surface area contributed by atoms with Crippen molar-refractivity contribution in [2.75, 3.05) is 56.2 Å². The normalized spacial score (nSPS) is 24.4. The van der Waals surface area contributed by atoms with Crippen LogP contribution >= 0.6 is 12.2 Å². The zero-order chi connectivity index (χ0) is 44.9. The fraction of sp³-hybridized carbons (Fsp3) is 0.442. The fourth-order valence-electron chi connectivity index (χ4n) is 8.61. The summed E-state index contributed by atoms with van der Waals surface area (Å²) in [6.45, 7) is 7.56. The number of fused-ring (bicyclic) bond motifs is 1. The van der Waals surface area contributed by atoms with E-state index < -0.39 is 75.9 Å². The van der Waals surface area contributed by atoms with Crippen molar-refractivity contribution in [2.45, 2.75) is 64.2 Å². The van der Waals surface area contributed by atoms with Crippen molar-refractivity contribution in [1.82, 2.24) is 20.0 Å². The maximum Gasteiger partial charge on any atom is 0.417 e. The molecule has 6 amide bonds. The van der Waals surface area contributed by atoms with E-state index in [4.69, 9.17) is 17.0 Å². The van der Waals surface area contributed by atoms with Crippen LogP contribution in [0.4, 0.5) is 28.9 Å². The predicted molar refractivity (Wildman–Crippen MR) is 222 cm³/mol. The molecule has 4 fully saturated rings. The molecule has 19 heteroatoms. The highest BCUT2D eigenvalue weighted by atomic mass is 32.1. The molecule has 0 saturated carbocycles. The van der Waals surface area contributed by atoms with E-state index >= 15 is 4.39 Å². The monoisotopic (exact) mass is 879 g/mol. The van der Waals surface area contributed by atoms with E-state index in [0.717, 1.165) is 34.6 Å². The molecule has 14 nitrogen and oxygen atoms in total. The Morgan fingerprint density at radius 1 is 0.984 bits per heavy atom. The molecule has 0 bridgehead atoms. The van der Waals surface area contributed by atoms with Crippen molar-refractivity contribution in [3.05, 3.63) is 82.9 Å². The Morgan fingerprint density at radius 2 is 1.69 bits per heavy atom. The molecule has 0 radical (unpaired) electrons. The Morgan fingerprint density at radius 3 is 2.35 bits per heavy atom. The third-order valence-corrected chi connectivity index (χ3v) is 12.4. The van der Waals surface area contributed by atoms with E-state index in [0.29, 0.717) is 51.5 Å². The van der Waals surface area contributed by atoms with Crippen molar-refractivity contribution in [1.29, 1.82) is 0 Å². The maximum absolute atomic E-state index is 15.8. The number of piperidine rings is 1. The van der Waals surface area contributed by atoms with Crippen LogP contribution in [-0.4, -0.2) is 119 Å². The lowest BCUT2D eigenvalue weighted by molar-refractivity contribution is -0.151. The number of ether oxygens (including phenoxy) is 1. The van der Waals surface area contributed by atoms with E-state index in [9.17, 15) is 41.9 Å². The van der Waals surface area contributed by atoms with Crippen LogP contribution in [0.3, 0.4) is 0 Å². The van der Waals surface area contributed by atoms with Gasteiger partial charge in [0.1, 0.15) is 23.2 Å². The van der Waals surface area contributed by atoms with Crippen LogP contribution in [0, 0.1) is 17.2 Å². The molecule has 4 aliphatic heterocycles. The van der Waals surface area contributed by atoms with Crippen molar-refractivity contribution in [3.63, 3.8) is 0 Å². The first kappa shape index (κ1) is 44.2. The zero-order valence-corrected chi connectivity index (χ0v) is 35.3. The minimum Gasteiger partial charge on any atom is -0.494 e. The number of hydrogen-bond acceptors (Lipinski definition) is 10. The molecule has 1 aliphatic carbocycles. The van der Waals surface area contributed by atoms with E-state index in [2.05, 4.69) is 15.2 Å². The van der Waals surface area contributed by atoms with Crippen LogP contribution in [0.2, 0.25) is 0 Å². The van der Waals surface area contributed by atoms with Crippen LogP contribution in [0.15, 0.2) is 65.4 Å². The van der Waals surface area contributed by atoms with E-state index in [1.165, 1.54) is 50.1 Å². The number of allylic oxidation sites excluding steroid dienone is 1. The molecule has 5 aliphatic rings. The summed E-state index contributed by atoms with van der Waals surface area (Å²) in [5, 5.41) is 2.05. The van der Waals surface area contributed by atoms with Gasteiger partial charge in [0.2, 0.25) is 23.6 Å². The zero-order valence-electron chi connectivity index (χ0n) is 34.5. The standard InChI is InChI=1S/C43H45F4N7O7S/c1-41(2)38(59)52(26-8-7-25(24-48-4)31(21-26)43(45,46)47)40(62)54(41)27-9-11-29(32(44)22-27)36(57)51-18-16-50(17-19-51)15-5-6-20-61-28-10-12-30-37(58)53(39(60)42(30,3)23-28)33-13-14-34(55)49-35(33)56/h7-12,21-24,30,33H,5-6,13-20H2,1-4H3,(H,49,55,56)/b48-24-. The average Bonchev–Trinajstić information content (AvgIpc) is 3.52. The molecule has 0 spiro atoms. The van der Waals surface area contributed by atoms with Crippen LogP contribution in [-0.2, 0) is 34.9 Å². The minimum atomic E-state index is -4.74. The third kappa shape index (κ3) is 8.03. The van der Waals surface area contributed by atoms with Gasteiger partial charge in [-0.15, -0.1) is 0 Å². The molecule has 7 rings (SSSR count). The third-order valence-electron chi connectivity index (χ3n) is 12.0. The average molecular weight is 880 g/mol. The lowest BCUT2D eigenvalue weighted by atomic mass is 9.76. The number of alkyl halides is 3. The van der Waals surface area contributed by atoms with Gasteiger partial charge in [-0.3, -0.25) is 53.8 Å². The van der Waals surface area contributed by atoms with Crippen LogP contribution in [0.1, 0.15) is 67.9 Å². The topological polar surface area (TPSA) is 152 Å². The van der Waals surface area contributed by atoms with E-state index in [1.807, 2.05) is 0 Å². The number of nitrogens with one attached hydrogen (secondary N) is 1. The lowest BCUT2D eigenvalue weighted by Gasteiger charge is -2.35. The Bertz CT molecular complexity index is 2340. The summed E-state index contributed by atoms with van der Waals surface area (Å²) in [7, 11) is 1.34. The first-order valence-corrected chi connectivity index (χ1v) is 20.6. The number of unbranched alkanes of at least 4 members (excludes halogenated alkanes) is 1. The second kappa shape index (κ2) is 16.8. The van der Waals surface area contributed by atoms with Gasteiger partial charge in [0.15, 0.2) is 5.11 Å². The van der Waals surface area contributed by atoms with Crippen LogP contribution < -0.4 is 15.1 Å². The Labute approximate surface area is 360 Å². The number of imide groups is 2. The van der Waals surface area contributed by atoms with Crippen molar-refractivity contribution >= 4 is 70.4 Å². The predicted octanol–water partition coefficient (Wildman–Crippen LogP) is 4.61. The van der Waals surface area contributed by atoms with Gasteiger partial charge in [0.25, 0.3) is 11.8 Å². The Hall–Kier alpha value is -5.82. The van der Waals surface area contributed by atoms with Crippen LogP contribution in [0.5, 0.6) is 0 Å². The molecule has 4 heterocycles. The number of benzene rings is 2. The van der Waals surface area contributed by atoms with Gasteiger partial charge in [0.05, 0.1) is 34.8 Å². The Balaban J connectivity index is 0.899. The highest BCUT2D eigenvalue weighted by molar-refractivity contribution is 7.81. The molecule has 2 aromatic carbocycles. The maximum atomic E-state index is 15.8. The molecule has 3 atom stereocenters. The minimum absolute atomic E-state index is 0.0387. The first-order valence-electron chi connectivity index (χ1n) is 20.2. The molecule has 3 unspecified atom stereocenters. The highest BCUT2D eigenvalue weighted by Crippen LogP contribution is 2.45. The summed E-state index contributed by atoms with van der Waals surface area (Å²) >= 11 is 5.61. The molecule has 0 aromatic heterocycles. The van der Waals surface area contributed by atoms with Crippen LogP contribution in [0.25, 0.3) is 0 Å². The summed E-state index contributed by atoms with van der Waals surface area (Å²) in [5.74, 6) is -4.41. The van der Waals surface area contributed by atoms with Gasteiger partial charge >= 0.3 is 6.18 Å². The molecule has 328 valence electrons. The van der Waals surface area contributed by atoms with Gasteiger partial charge in [-0.05, 0) is 101 Å². The number of thiocarbonyl (C=S) groups is 1. The summed E-state index contributed by atoms with van der Waals surface area (Å²) < 4.78 is 63.6. The van der Waals surface area contributed by atoms with Gasteiger partial charge in [-0.1, -0.05) is 12.1 Å². The quantitative estimate of drug-likeness (QED) is 0.111. The number of hydrogen-bond donors (Lipinski definition) is 1. The van der Waals surface area contributed by atoms with E-state index in [1.54, 1.807) is 30.1 Å². The number of carbonyl (C=O) groups is 6. The summed E-state index contributed by atoms with van der Waals surface area (Å²) in [6.07, 6.45) is 2.77. The molecular weight excluding hydrogens is 835 g/mol. The van der Waals surface area contributed by atoms with Gasteiger partial charge in [-0.25, -0.2) is 4.39 Å². The van der Waals surface area contributed by atoms with Gasteiger partial charge in [-0.2, -0.15) is 13.2 Å². The molecule has 2 aromatic rings. The molecular formula is C43H45F4N7O7S. The SMILES string of the molecule is C/N=C\c1ccc(N2C(=O)C(C)(C)N(c3ccc(C(=O)N4CCN(CCCCOC5=CC6(C)C(=O)N(C7CCC(=O)NC7=O)C(=O)C6C=C5)CC4)c(F)c3)C2=S)cc1C(F)(F)F. The Kier molecular flexibility index (Phi) is 12.0. The lowest BCUT2D eigenvalue weighted by Crippen LogP contribution is -2.54. The van der Waals surface area contributed by atoms with Crippen molar-refractivity contribution < 1.29 is 51.1 Å². The second-order valence-electron chi connectivity index (χ2n) is 16.5.